The zero-order chi connectivity index (χ0) is 22.1. The molecule has 1 saturated carbocycles. The number of nitrogens with one attached hydrogen (secondary N) is 1. The SMILES string of the molecule is O=C(Nc1ccc(-c2nnnn2C2CC2)cc1)N1CCN(S(=O)(=O)N2CCOCC2)CC1. The summed E-state index contributed by atoms with van der Waals surface area (Å²) < 4.78 is 35.5. The number of ether oxygens (including phenoxy) is 1. The van der Waals surface area contributed by atoms with E-state index in [1.54, 1.807) is 4.90 Å². The van der Waals surface area contributed by atoms with Crippen molar-refractivity contribution in [1.82, 2.24) is 33.7 Å². The van der Waals surface area contributed by atoms with Gasteiger partial charge in [-0.1, -0.05) is 0 Å². The van der Waals surface area contributed by atoms with Gasteiger partial charge in [0.05, 0.1) is 19.3 Å². The monoisotopic (exact) mass is 462 g/mol. The number of nitrogens with zero attached hydrogens (tertiary/aromatic N) is 7. The summed E-state index contributed by atoms with van der Waals surface area (Å²) in [7, 11) is -3.51. The zero-order valence-electron chi connectivity index (χ0n) is 17.6. The Bertz CT molecular complexity index is 1060. The minimum absolute atomic E-state index is 0.246. The second-order valence-corrected chi connectivity index (χ2v) is 10.0. The first kappa shape index (κ1) is 21.2. The predicted molar refractivity (Wildman–Crippen MR) is 115 cm³/mol. The Balaban J connectivity index is 1.16. The van der Waals surface area contributed by atoms with Crippen molar-refractivity contribution in [2.75, 3.05) is 57.8 Å². The number of carbonyl (C=O) groups is 1. The lowest BCUT2D eigenvalue weighted by atomic mass is 10.2. The molecule has 2 saturated heterocycles. The number of anilines is 1. The maximum Gasteiger partial charge on any atom is 0.321 e. The van der Waals surface area contributed by atoms with Crippen LogP contribution in [0.4, 0.5) is 10.5 Å². The van der Waals surface area contributed by atoms with E-state index in [0.29, 0.717) is 51.1 Å². The molecule has 1 N–H and O–H groups in total. The molecule has 0 atom stereocenters. The van der Waals surface area contributed by atoms with Gasteiger partial charge in [0.1, 0.15) is 0 Å². The Morgan fingerprint density at radius 1 is 0.969 bits per heavy atom. The van der Waals surface area contributed by atoms with E-state index in [1.165, 1.54) is 8.61 Å². The first-order valence-corrected chi connectivity index (χ1v) is 12.2. The van der Waals surface area contributed by atoms with Crippen LogP contribution in [0, 0.1) is 0 Å². The van der Waals surface area contributed by atoms with Crippen LogP contribution in [-0.4, -0.2) is 101 Å². The first-order chi connectivity index (χ1) is 15.5. The van der Waals surface area contributed by atoms with Crippen LogP contribution in [-0.2, 0) is 14.9 Å². The van der Waals surface area contributed by atoms with Gasteiger partial charge in [0.15, 0.2) is 5.82 Å². The Morgan fingerprint density at radius 2 is 1.62 bits per heavy atom. The molecule has 0 radical (unpaired) electrons. The van der Waals surface area contributed by atoms with E-state index < -0.39 is 10.2 Å². The van der Waals surface area contributed by atoms with Gasteiger partial charge in [-0.2, -0.15) is 17.0 Å². The van der Waals surface area contributed by atoms with Gasteiger partial charge in [0, 0.05) is 50.5 Å². The highest BCUT2D eigenvalue weighted by Crippen LogP contribution is 2.36. The van der Waals surface area contributed by atoms with Gasteiger partial charge in [0.2, 0.25) is 0 Å². The molecular weight excluding hydrogens is 436 g/mol. The van der Waals surface area contributed by atoms with Crippen molar-refractivity contribution in [3.05, 3.63) is 24.3 Å². The summed E-state index contributed by atoms with van der Waals surface area (Å²) in [6.07, 6.45) is 2.18. The fourth-order valence-electron chi connectivity index (χ4n) is 3.92. The van der Waals surface area contributed by atoms with Crippen molar-refractivity contribution >= 4 is 21.9 Å². The summed E-state index contributed by atoms with van der Waals surface area (Å²) in [6.45, 7) is 2.78. The molecule has 3 heterocycles. The van der Waals surface area contributed by atoms with Gasteiger partial charge >= 0.3 is 6.03 Å². The first-order valence-electron chi connectivity index (χ1n) is 10.8. The maximum atomic E-state index is 12.8. The van der Waals surface area contributed by atoms with E-state index in [1.807, 2.05) is 28.9 Å². The van der Waals surface area contributed by atoms with Crippen LogP contribution in [0.15, 0.2) is 24.3 Å². The zero-order valence-corrected chi connectivity index (χ0v) is 18.4. The molecule has 5 rings (SSSR count). The number of piperazine rings is 1. The molecule has 1 aliphatic carbocycles. The lowest BCUT2D eigenvalue weighted by Gasteiger charge is -2.37. The summed E-state index contributed by atoms with van der Waals surface area (Å²) in [4.78, 5) is 14.3. The molecule has 1 aromatic carbocycles. The summed E-state index contributed by atoms with van der Waals surface area (Å²) in [5.74, 6) is 0.725. The third-order valence-corrected chi connectivity index (χ3v) is 7.96. The molecule has 12 nitrogen and oxygen atoms in total. The topological polar surface area (TPSA) is 126 Å². The van der Waals surface area contributed by atoms with Crippen molar-refractivity contribution in [1.29, 1.82) is 0 Å². The smallest absolute Gasteiger partial charge is 0.321 e. The number of benzene rings is 1. The Hall–Kier alpha value is -2.61. The average Bonchev–Trinajstić information content (AvgIpc) is 3.56. The molecule has 172 valence electrons. The second-order valence-electron chi connectivity index (χ2n) is 8.09. The highest BCUT2D eigenvalue weighted by atomic mass is 32.2. The molecule has 3 aliphatic rings. The van der Waals surface area contributed by atoms with Crippen molar-refractivity contribution in [3.63, 3.8) is 0 Å². The number of tetrazole rings is 1. The molecule has 3 fully saturated rings. The molecule has 2 aromatic rings. The fourth-order valence-corrected chi connectivity index (χ4v) is 5.48. The number of morpholine rings is 1. The molecule has 2 aliphatic heterocycles. The number of rotatable bonds is 5. The Morgan fingerprint density at radius 3 is 2.28 bits per heavy atom. The number of amides is 2. The summed E-state index contributed by atoms with van der Waals surface area (Å²) in [5.41, 5.74) is 1.55. The Kier molecular flexibility index (Phi) is 5.80. The largest absolute Gasteiger partial charge is 0.379 e. The van der Waals surface area contributed by atoms with Crippen molar-refractivity contribution in [2.45, 2.75) is 18.9 Å². The summed E-state index contributed by atoms with van der Waals surface area (Å²) in [6, 6.07) is 7.53. The number of carbonyl (C=O) groups excluding carboxylic acids is 1. The van der Waals surface area contributed by atoms with Gasteiger partial charge in [-0.25, -0.2) is 9.48 Å². The van der Waals surface area contributed by atoms with Gasteiger partial charge in [-0.3, -0.25) is 0 Å². The van der Waals surface area contributed by atoms with Crippen LogP contribution < -0.4 is 5.32 Å². The molecular formula is C19H26N8O4S. The quantitative estimate of drug-likeness (QED) is 0.682. The van der Waals surface area contributed by atoms with E-state index in [0.717, 1.165) is 24.2 Å². The minimum Gasteiger partial charge on any atom is -0.379 e. The van der Waals surface area contributed by atoms with Gasteiger partial charge in [-0.15, -0.1) is 5.10 Å². The third kappa shape index (κ3) is 4.33. The molecule has 0 spiro atoms. The number of urea groups is 1. The minimum atomic E-state index is -3.51. The van der Waals surface area contributed by atoms with E-state index in [-0.39, 0.29) is 19.1 Å². The van der Waals surface area contributed by atoms with E-state index in [9.17, 15) is 13.2 Å². The van der Waals surface area contributed by atoms with Crippen LogP contribution in [0.5, 0.6) is 0 Å². The summed E-state index contributed by atoms with van der Waals surface area (Å²) >= 11 is 0. The molecule has 32 heavy (non-hydrogen) atoms. The third-order valence-electron chi connectivity index (χ3n) is 5.93. The van der Waals surface area contributed by atoms with Crippen LogP contribution in [0.25, 0.3) is 11.4 Å². The van der Waals surface area contributed by atoms with Crippen LogP contribution >= 0.6 is 0 Å². The lowest BCUT2D eigenvalue weighted by molar-refractivity contribution is 0.0691. The standard InChI is InChI=1S/C19H26N8O4S/c28-19(24-7-9-25(10-8-24)32(29,30)26-11-13-31-14-12-26)20-16-3-1-15(2-4-16)18-21-22-23-27(18)17-5-6-17/h1-4,17H,5-14H2,(H,20,28). The van der Waals surface area contributed by atoms with E-state index >= 15 is 0 Å². The van der Waals surface area contributed by atoms with Gasteiger partial charge < -0.3 is 15.0 Å². The van der Waals surface area contributed by atoms with Crippen molar-refractivity contribution in [3.8, 4) is 11.4 Å². The van der Waals surface area contributed by atoms with Crippen molar-refractivity contribution < 1.29 is 17.9 Å². The maximum absolute atomic E-state index is 12.8. The van der Waals surface area contributed by atoms with Crippen molar-refractivity contribution in [2.24, 2.45) is 0 Å². The predicted octanol–water partition coefficient (Wildman–Crippen LogP) is 0.402. The molecule has 0 unspecified atom stereocenters. The highest BCUT2D eigenvalue weighted by molar-refractivity contribution is 7.86. The molecule has 0 bridgehead atoms. The van der Waals surface area contributed by atoms with Crippen LogP contribution in [0.1, 0.15) is 18.9 Å². The number of aromatic nitrogens is 4. The molecule has 1 aromatic heterocycles. The number of hydrogen-bond donors (Lipinski definition) is 1. The van der Waals surface area contributed by atoms with Gasteiger partial charge in [0.25, 0.3) is 10.2 Å². The normalized spacial score (nSPS) is 20.9. The lowest BCUT2D eigenvalue weighted by Crippen LogP contribution is -2.56. The second kappa shape index (κ2) is 8.73. The molecule has 2 amide bonds. The molecule has 13 heteroatoms. The average molecular weight is 463 g/mol. The Labute approximate surface area is 186 Å². The highest BCUT2D eigenvalue weighted by Gasteiger charge is 2.34. The van der Waals surface area contributed by atoms with Gasteiger partial charge in [-0.05, 0) is 47.5 Å². The van der Waals surface area contributed by atoms with Crippen LogP contribution in [0.2, 0.25) is 0 Å². The van der Waals surface area contributed by atoms with E-state index in [4.69, 9.17) is 4.74 Å². The number of hydrogen-bond acceptors (Lipinski definition) is 7. The fraction of sp³-hybridized carbons (Fsp3) is 0.579. The summed E-state index contributed by atoms with van der Waals surface area (Å²) in [5, 5.41) is 14.8. The van der Waals surface area contributed by atoms with Crippen LogP contribution in [0.3, 0.4) is 0 Å². The van der Waals surface area contributed by atoms with E-state index in [2.05, 4.69) is 20.8 Å².